The molecule has 1 aromatic carbocycles. The summed E-state index contributed by atoms with van der Waals surface area (Å²) in [5.41, 5.74) is 7.06. The van der Waals surface area contributed by atoms with Crippen LogP contribution in [0.5, 0.6) is 5.75 Å². The van der Waals surface area contributed by atoms with Crippen molar-refractivity contribution in [1.29, 1.82) is 0 Å². The molecule has 1 atom stereocenters. The summed E-state index contributed by atoms with van der Waals surface area (Å²) in [6.45, 7) is 4.46. The van der Waals surface area contributed by atoms with Gasteiger partial charge in [-0.25, -0.2) is 0 Å². The van der Waals surface area contributed by atoms with E-state index < -0.39 is 0 Å². The van der Waals surface area contributed by atoms with E-state index in [4.69, 9.17) is 10.5 Å². The molecule has 0 heterocycles. The minimum Gasteiger partial charge on any atom is -0.494 e. The van der Waals surface area contributed by atoms with Crippen molar-refractivity contribution in [2.45, 2.75) is 26.3 Å². The Balaban J connectivity index is 2.73. The summed E-state index contributed by atoms with van der Waals surface area (Å²) in [5.74, 6) is 6.70. The Kier molecular flexibility index (Phi) is 4.73. The van der Waals surface area contributed by atoms with Gasteiger partial charge in [0.15, 0.2) is 0 Å². The van der Waals surface area contributed by atoms with Crippen LogP contribution in [0.4, 0.5) is 0 Å². The Morgan fingerprint density at radius 2 is 2.27 bits per heavy atom. The van der Waals surface area contributed by atoms with Gasteiger partial charge < -0.3 is 10.5 Å². The predicted octanol–water partition coefficient (Wildman–Crippen LogP) is 2.50. The lowest BCUT2D eigenvalue weighted by molar-refractivity contribution is 0.339. The summed E-state index contributed by atoms with van der Waals surface area (Å²) in [5, 5.41) is 0. The Morgan fingerprint density at radius 3 is 2.93 bits per heavy atom. The maximum atomic E-state index is 5.99. The molecule has 0 aliphatic rings. The quantitative estimate of drug-likeness (QED) is 0.763. The summed E-state index contributed by atoms with van der Waals surface area (Å²) in [4.78, 5) is 0. The van der Waals surface area contributed by atoms with Crippen molar-refractivity contribution < 1.29 is 4.74 Å². The molecule has 0 aliphatic heterocycles. The highest BCUT2D eigenvalue weighted by atomic mass is 16.5. The Bertz CT molecular complexity index is 362. The number of hydrogen-bond acceptors (Lipinski definition) is 2. The standard InChI is InChI=1S/C13H17NO/c1-3-5-9-13(14)11-7-6-8-12(10-11)15-4-2/h6-8,10,13H,4,9,14H2,1-2H3. The SMILES string of the molecule is CC#CCC(N)c1cccc(OCC)c1. The summed E-state index contributed by atoms with van der Waals surface area (Å²) in [6.07, 6.45) is 0.687. The third-order valence-electron chi connectivity index (χ3n) is 2.10. The fourth-order valence-electron chi connectivity index (χ4n) is 1.33. The summed E-state index contributed by atoms with van der Waals surface area (Å²) in [7, 11) is 0. The molecule has 0 saturated carbocycles. The largest absolute Gasteiger partial charge is 0.494 e. The van der Waals surface area contributed by atoms with Crippen molar-refractivity contribution in [3.63, 3.8) is 0 Å². The highest BCUT2D eigenvalue weighted by Crippen LogP contribution is 2.19. The van der Waals surface area contributed by atoms with Crippen LogP contribution in [0.3, 0.4) is 0 Å². The first-order chi connectivity index (χ1) is 7.27. The topological polar surface area (TPSA) is 35.2 Å². The summed E-state index contributed by atoms with van der Waals surface area (Å²) >= 11 is 0. The van der Waals surface area contributed by atoms with Gasteiger partial charge in [0.05, 0.1) is 6.61 Å². The van der Waals surface area contributed by atoms with Crippen LogP contribution in [0, 0.1) is 11.8 Å². The van der Waals surface area contributed by atoms with Crippen LogP contribution in [0.1, 0.15) is 31.9 Å². The third-order valence-corrected chi connectivity index (χ3v) is 2.10. The molecular formula is C13H17NO. The minimum atomic E-state index is -0.0298. The average Bonchev–Trinajstić information content (AvgIpc) is 2.27. The molecule has 2 heteroatoms. The number of hydrogen-bond donors (Lipinski definition) is 1. The van der Waals surface area contributed by atoms with E-state index in [2.05, 4.69) is 11.8 Å². The van der Waals surface area contributed by atoms with Gasteiger partial charge in [0.25, 0.3) is 0 Å². The maximum absolute atomic E-state index is 5.99. The Labute approximate surface area is 91.4 Å². The van der Waals surface area contributed by atoms with E-state index in [0.717, 1.165) is 11.3 Å². The van der Waals surface area contributed by atoms with Gasteiger partial charge in [0, 0.05) is 12.5 Å². The van der Waals surface area contributed by atoms with Gasteiger partial charge >= 0.3 is 0 Å². The van der Waals surface area contributed by atoms with Crippen LogP contribution >= 0.6 is 0 Å². The van der Waals surface area contributed by atoms with Crippen LogP contribution in [-0.2, 0) is 0 Å². The first-order valence-electron chi connectivity index (χ1n) is 5.16. The molecule has 2 N–H and O–H groups in total. The van der Waals surface area contributed by atoms with Gasteiger partial charge in [-0.2, -0.15) is 0 Å². The van der Waals surface area contributed by atoms with E-state index in [1.165, 1.54) is 0 Å². The lowest BCUT2D eigenvalue weighted by Gasteiger charge is -2.10. The zero-order chi connectivity index (χ0) is 11.1. The van der Waals surface area contributed by atoms with E-state index in [1.807, 2.05) is 38.1 Å². The number of benzene rings is 1. The fourth-order valence-corrected chi connectivity index (χ4v) is 1.33. The second-order valence-corrected chi connectivity index (χ2v) is 3.24. The Hall–Kier alpha value is -1.46. The van der Waals surface area contributed by atoms with Crippen molar-refractivity contribution >= 4 is 0 Å². The number of ether oxygens (including phenoxy) is 1. The molecule has 80 valence electrons. The van der Waals surface area contributed by atoms with E-state index >= 15 is 0 Å². The molecule has 15 heavy (non-hydrogen) atoms. The van der Waals surface area contributed by atoms with Crippen LogP contribution in [0.2, 0.25) is 0 Å². The van der Waals surface area contributed by atoms with Gasteiger partial charge in [-0.05, 0) is 31.5 Å². The molecule has 0 spiro atoms. The van der Waals surface area contributed by atoms with Crippen LogP contribution in [-0.4, -0.2) is 6.61 Å². The molecule has 0 aliphatic carbocycles. The average molecular weight is 203 g/mol. The smallest absolute Gasteiger partial charge is 0.119 e. The second kappa shape index (κ2) is 6.10. The van der Waals surface area contributed by atoms with Gasteiger partial charge in [0.2, 0.25) is 0 Å². The zero-order valence-corrected chi connectivity index (χ0v) is 9.29. The summed E-state index contributed by atoms with van der Waals surface area (Å²) in [6, 6.07) is 7.85. The second-order valence-electron chi connectivity index (χ2n) is 3.24. The summed E-state index contributed by atoms with van der Waals surface area (Å²) < 4.78 is 5.41. The highest BCUT2D eigenvalue weighted by molar-refractivity contribution is 5.31. The predicted molar refractivity (Wildman–Crippen MR) is 62.6 cm³/mol. The van der Waals surface area contributed by atoms with Crippen LogP contribution in [0.25, 0.3) is 0 Å². The van der Waals surface area contributed by atoms with Crippen molar-refractivity contribution in [1.82, 2.24) is 0 Å². The van der Waals surface area contributed by atoms with Crippen molar-refractivity contribution in [2.24, 2.45) is 5.73 Å². The molecule has 0 aromatic heterocycles. The van der Waals surface area contributed by atoms with E-state index in [9.17, 15) is 0 Å². The molecule has 1 rings (SSSR count). The lowest BCUT2D eigenvalue weighted by Crippen LogP contribution is -2.09. The van der Waals surface area contributed by atoms with Crippen molar-refractivity contribution in [2.75, 3.05) is 6.61 Å². The number of nitrogens with two attached hydrogens (primary N) is 1. The van der Waals surface area contributed by atoms with E-state index in [1.54, 1.807) is 0 Å². The molecule has 1 aromatic rings. The fraction of sp³-hybridized carbons (Fsp3) is 0.385. The van der Waals surface area contributed by atoms with Gasteiger partial charge in [-0.15, -0.1) is 11.8 Å². The minimum absolute atomic E-state index is 0.0298. The Morgan fingerprint density at radius 1 is 1.47 bits per heavy atom. The molecule has 0 bridgehead atoms. The maximum Gasteiger partial charge on any atom is 0.119 e. The van der Waals surface area contributed by atoms with Crippen LogP contribution in [0.15, 0.2) is 24.3 Å². The third kappa shape index (κ3) is 3.65. The zero-order valence-electron chi connectivity index (χ0n) is 9.29. The van der Waals surface area contributed by atoms with Gasteiger partial charge in [-0.3, -0.25) is 0 Å². The molecule has 1 unspecified atom stereocenters. The van der Waals surface area contributed by atoms with Gasteiger partial charge in [0.1, 0.15) is 5.75 Å². The number of rotatable bonds is 4. The van der Waals surface area contributed by atoms with E-state index in [0.29, 0.717) is 13.0 Å². The molecule has 2 nitrogen and oxygen atoms in total. The molecule has 0 fully saturated rings. The molecule has 0 amide bonds. The van der Waals surface area contributed by atoms with E-state index in [-0.39, 0.29) is 6.04 Å². The van der Waals surface area contributed by atoms with Crippen molar-refractivity contribution in [3.8, 4) is 17.6 Å². The first kappa shape index (κ1) is 11.6. The first-order valence-corrected chi connectivity index (χ1v) is 5.16. The molecule has 0 saturated heterocycles. The normalized spacial score (nSPS) is 11.4. The monoisotopic (exact) mass is 203 g/mol. The van der Waals surface area contributed by atoms with Crippen LogP contribution < -0.4 is 10.5 Å². The molecular weight excluding hydrogens is 186 g/mol. The highest BCUT2D eigenvalue weighted by Gasteiger charge is 2.04. The molecule has 0 radical (unpaired) electrons. The lowest BCUT2D eigenvalue weighted by atomic mass is 10.0. The van der Waals surface area contributed by atoms with Crippen molar-refractivity contribution in [3.05, 3.63) is 29.8 Å². The van der Waals surface area contributed by atoms with Gasteiger partial charge in [-0.1, -0.05) is 12.1 Å².